The number of nitrogens with zero attached hydrogens (tertiary/aromatic N) is 4. The van der Waals surface area contributed by atoms with Gasteiger partial charge in [-0.05, 0) is 30.7 Å². The quantitative estimate of drug-likeness (QED) is 0.717. The molecule has 2 heterocycles. The normalized spacial score (nSPS) is 10.6. The fraction of sp³-hybridized carbons (Fsp3) is 0.0769. The molecule has 0 unspecified atom stereocenters. The van der Waals surface area contributed by atoms with Crippen LogP contribution in [-0.2, 0) is 0 Å². The minimum Gasteiger partial charge on any atom is -0.333 e. The van der Waals surface area contributed by atoms with E-state index in [9.17, 15) is 0 Å². The lowest BCUT2D eigenvalue weighted by atomic mass is 10.1. The van der Waals surface area contributed by atoms with Crippen LogP contribution in [0.15, 0.2) is 41.2 Å². The zero-order valence-corrected chi connectivity index (χ0v) is 10.8. The second-order valence-electron chi connectivity index (χ2n) is 3.91. The van der Waals surface area contributed by atoms with E-state index in [1.54, 1.807) is 18.5 Å². The summed E-state index contributed by atoms with van der Waals surface area (Å²) in [7, 11) is 0. The summed E-state index contributed by atoms with van der Waals surface area (Å²) >= 11 is 6.07. The molecule has 94 valence electrons. The van der Waals surface area contributed by atoms with E-state index in [0.717, 1.165) is 11.1 Å². The van der Waals surface area contributed by atoms with Crippen LogP contribution in [-0.4, -0.2) is 20.1 Å². The Labute approximate surface area is 114 Å². The average molecular weight is 273 g/mol. The van der Waals surface area contributed by atoms with E-state index in [1.165, 1.54) is 0 Å². The summed E-state index contributed by atoms with van der Waals surface area (Å²) in [6.45, 7) is 1.90. The lowest BCUT2D eigenvalue weighted by Gasteiger charge is -2.01. The highest BCUT2D eigenvalue weighted by Crippen LogP contribution is 2.27. The molecule has 0 saturated heterocycles. The first-order valence-corrected chi connectivity index (χ1v) is 6.00. The van der Waals surface area contributed by atoms with E-state index >= 15 is 0 Å². The SMILES string of the molecule is Cc1c(Cl)cccc1-c1nc(-c2ncccn2)no1. The fourth-order valence-electron chi connectivity index (χ4n) is 1.68. The molecule has 6 heteroatoms. The molecule has 3 aromatic rings. The Kier molecular flexibility index (Phi) is 2.97. The van der Waals surface area contributed by atoms with Gasteiger partial charge in [0.25, 0.3) is 5.89 Å². The highest BCUT2D eigenvalue weighted by Gasteiger charge is 2.14. The molecule has 0 amide bonds. The molecule has 1 aromatic carbocycles. The molecule has 5 nitrogen and oxygen atoms in total. The highest BCUT2D eigenvalue weighted by molar-refractivity contribution is 6.31. The standard InChI is InChI=1S/C13H9ClN4O/c1-8-9(4-2-5-10(8)14)13-17-12(18-19-13)11-15-6-3-7-16-11/h2-7H,1H3. The van der Waals surface area contributed by atoms with Crippen LogP contribution in [0.2, 0.25) is 5.02 Å². The van der Waals surface area contributed by atoms with Gasteiger partial charge < -0.3 is 4.52 Å². The number of hydrogen-bond donors (Lipinski definition) is 0. The van der Waals surface area contributed by atoms with Gasteiger partial charge in [0.1, 0.15) is 0 Å². The van der Waals surface area contributed by atoms with Crippen LogP contribution in [0.25, 0.3) is 23.1 Å². The van der Waals surface area contributed by atoms with Crippen molar-refractivity contribution in [2.24, 2.45) is 0 Å². The molecule has 19 heavy (non-hydrogen) atoms. The van der Waals surface area contributed by atoms with Crippen molar-refractivity contribution >= 4 is 11.6 Å². The first-order chi connectivity index (χ1) is 9.25. The second-order valence-corrected chi connectivity index (χ2v) is 4.32. The first-order valence-electron chi connectivity index (χ1n) is 5.62. The maximum absolute atomic E-state index is 6.07. The van der Waals surface area contributed by atoms with Gasteiger partial charge in [0, 0.05) is 23.0 Å². The number of benzene rings is 1. The zero-order chi connectivity index (χ0) is 13.2. The largest absolute Gasteiger partial charge is 0.333 e. The molecule has 2 aromatic heterocycles. The van der Waals surface area contributed by atoms with Gasteiger partial charge in [-0.25, -0.2) is 9.97 Å². The van der Waals surface area contributed by atoms with E-state index in [0.29, 0.717) is 22.6 Å². The topological polar surface area (TPSA) is 64.7 Å². The van der Waals surface area contributed by atoms with Crippen molar-refractivity contribution in [3.05, 3.63) is 47.2 Å². The Morgan fingerprint density at radius 2 is 1.84 bits per heavy atom. The third-order valence-electron chi connectivity index (χ3n) is 2.69. The number of rotatable bonds is 2. The van der Waals surface area contributed by atoms with Gasteiger partial charge in [0.15, 0.2) is 0 Å². The Morgan fingerprint density at radius 1 is 1.05 bits per heavy atom. The first kappa shape index (κ1) is 11.8. The van der Waals surface area contributed by atoms with Crippen LogP contribution in [0.4, 0.5) is 0 Å². The van der Waals surface area contributed by atoms with Crippen molar-refractivity contribution in [1.82, 2.24) is 20.1 Å². The Morgan fingerprint density at radius 3 is 2.63 bits per heavy atom. The average Bonchev–Trinajstić information content (AvgIpc) is 2.92. The molecule has 0 atom stereocenters. The van der Waals surface area contributed by atoms with Crippen LogP contribution in [0.1, 0.15) is 5.56 Å². The Bertz CT molecular complexity index is 712. The number of aromatic nitrogens is 4. The van der Waals surface area contributed by atoms with Gasteiger partial charge in [-0.2, -0.15) is 4.98 Å². The van der Waals surface area contributed by atoms with Crippen molar-refractivity contribution in [1.29, 1.82) is 0 Å². The molecule has 0 N–H and O–H groups in total. The van der Waals surface area contributed by atoms with Gasteiger partial charge in [0.2, 0.25) is 11.6 Å². The molecule has 0 saturated carbocycles. The van der Waals surface area contributed by atoms with E-state index < -0.39 is 0 Å². The molecule has 3 rings (SSSR count). The van der Waals surface area contributed by atoms with Crippen LogP contribution >= 0.6 is 11.6 Å². The summed E-state index contributed by atoms with van der Waals surface area (Å²) in [6.07, 6.45) is 3.26. The van der Waals surface area contributed by atoms with Gasteiger partial charge in [-0.3, -0.25) is 0 Å². The Balaban J connectivity index is 2.05. The summed E-state index contributed by atoms with van der Waals surface area (Å²) in [4.78, 5) is 12.4. The third kappa shape index (κ3) is 2.20. The molecule has 0 fully saturated rings. The number of halogens is 1. The minimum atomic E-state index is 0.356. The molecule has 0 aliphatic rings. The summed E-state index contributed by atoms with van der Waals surface area (Å²) in [6, 6.07) is 7.27. The lowest BCUT2D eigenvalue weighted by molar-refractivity contribution is 0.431. The minimum absolute atomic E-state index is 0.356. The fourth-order valence-corrected chi connectivity index (χ4v) is 1.85. The van der Waals surface area contributed by atoms with Gasteiger partial charge in [0.05, 0.1) is 0 Å². The van der Waals surface area contributed by atoms with E-state index in [-0.39, 0.29) is 0 Å². The Hall–Kier alpha value is -2.27. The number of hydrogen-bond acceptors (Lipinski definition) is 5. The summed E-state index contributed by atoms with van der Waals surface area (Å²) in [5, 5.41) is 4.54. The highest BCUT2D eigenvalue weighted by atomic mass is 35.5. The van der Waals surface area contributed by atoms with Crippen LogP contribution < -0.4 is 0 Å². The lowest BCUT2D eigenvalue weighted by Crippen LogP contribution is -1.89. The summed E-state index contributed by atoms with van der Waals surface area (Å²) in [5.74, 6) is 1.19. The van der Waals surface area contributed by atoms with Crippen LogP contribution in [0.5, 0.6) is 0 Å². The van der Waals surface area contributed by atoms with Gasteiger partial charge in [-0.15, -0.1) is 0 Å². The maximum atomic E-state index is 6.07. The van der Waals surface area contributed by atoms with Crippen LogP contribution in [0, 0.1) is 6.92 Å². The molecule has 0 aliphatic heterocycles. The van der Waals surface area contributed by atoms with Crippen molar-refractivity contribution in [3.63, 3.8) is 0 Å². The predicted octanol–water partition coefficient (Wildman–Crippen LogP) is 3.16. The van der Waals surface area contributed by atoms with E-state index in [4.69, 9.17) is 16.1 Å². The van der Waals surface area contributed by atoms with Crippen molar-refractivity contribution in [3.8, 4) is 23.1 Å². The van der Waals surface area contributed by atoms with Crippen molar-refractivity contribution < 1.29 is 4.52 Å². The van der Waals surface area contributed by atoms with Gasteiger partial charge in [-0.1, -0.05) is 22.8 Å². The second kappa shape index (κ2) is 4.78. The predicted molar refractivity (Wildman–Crippen MR) is 70.5 cm³/mol. The monoisotopic (exact) mass is 272 g/mol. The third-order valence-corrected chi connectivity index (χ3v) is 3.10. The van der Waals surface area contributed by atoms with Gasteiger partial charge >= 0.3 is 0 Å². The summed E-state index contributed by atoms with van der Waals surface area (Å²) < 4.78 is 5.24. The molecule has 0 bridgehead atoms. The molecular formula is C13H9ClN4O. The van der Waals surface area contributed by atoms with Crippen molar-refractivity contribution in [2.75, 3.05) is 0 Å². The molecule has 0 spiro atoms. The van der Waals surface area contributed by atoms with Crippen molar-refractivity contribution in [2.45, 2.75) is 6.92 Å². The van der Waals surface area contributed by atoms with E-state index in [2.05, 4.69) is 20.1 Å². The molecule has 0 aliphatic carbocycles. The zero-order valence-electron chi connectivity index (χ0n) is 10.0. The molecular weight excluding hydrogens is 264 g/mol. The smallest absolute Gasteiger partial charge is 0.258 e. The van der Waals surface area contributed by atoms with E-state index in [1.807, 2.05) is 25.1 Å². The molecule has 0 radical (unpaired) electrons. The maximum Gasteiger partial charge on any atom is 0.258 e. The summed E-state index contributed by atoms with van der Waals surface area (Å²) in [5.41, 5.74) is 1.70. The van der Waals surface area contributed by atoms with Crippen LogP contribution in [0.3, 0.4) is 0 Å².